The minimum Gasteiger partial charge on any atom is -0.261 e. The molecule has 0 amide bonds. The lowest BCUT2D eigenvalue weighted by Crippen LogP contribution is -1.84. The summed E-state index contributed by atoms with van der Waals surface area (Å²) in [6, 6.07) is 18.5. The van der Waals surface area contributed by atoms with Crippen LogP contribution in [0.2, 0.25) is 0 Å². The molecule has 0 N–H and O–H groups in total. The van der Waals surface area contributed by atoms with E-state index in [1.807, 2.05) is 43.6 Å². The zero-order chi connectivity index (χ0) is 13.1. The third-order valence-corrected chi connectivity index (χ3v) is 3.09. The summed E-state index contributed by atoms with van der Waals surface area (Å²) in [4.78, 5) is 8.67. The van der Waals surface area contributed by atoms with Crippen LogP contribution in [0.4, 0.5) is 0 Å². The second kappa shape index (κ2) is 5.02. The summed E-state index contributed by atoms with van der Waals surface area (Å²) in [7, 11) is 0. The highest BCUT2D eigenvalue weighted by atomic mass is 14.7. The van der Waals surface area contributed by atoms with Crippen LogP contribution < -0.4 is 0 Å². The van der Waals surface area contributed by atoms with Gasteiger partial charge >= 0.3 is 0 Å². The van der Waals surface area contributed by atoms with E-state index in [4.69, 9.17) is 0 Å². The molecular weight excluding hydrogens is 232 g/mol. The quantitative estimate of drug-likeness (QED) is 0.679. The van der Waals surface area contributed by atoms with Gasteiger partial charge in [0.05, 0.1) is 5.69 Å². The van der Waals surface area contributed by atoms with Crippen molar-refractivity contribution in [1.82, 2.24) is 9.97 Å². The zero-order valence-corrected chi connectivity index (χ0v) is 10.7. The summed E-state index contributed by atoms with van der Waals surface area (Å²) in [5.74, 6) is 0. The minimum absolute atomic E-state index is 0.996. The lowest BCUT2D eigenvalue weighted by Gasteiger charge is -2.04. The van der Waals surface area contributed by atoms with E-state index in [9.17, 15) is 0 Å². The maximum absolute atomic E-state index is 4.35. The van der Waals surface area contributed by atoms with Crippen molar-refractivity contribution in [3.8, 4) is 22.4 Å². The van der Waals surface area contributed by atoms with E-state index in [-0.39, 0.29) is 0 Å². The van der Waals surface area contributed by atoms with E-state index in [0.29, 0.717) is 0 Å². The van der Waals surface area contributed by atoms with Crippen molar-refractivity contribution in [3.05, 3.63) is 72.7 Å². The molecule has 3 rings (SSSR count). The van der Waals surface area contributed by atoms with Crippen molar-refractivity contribution in [3.63, 3.8) is 0 Å². The van der Waals surface area contributed by atoms with Gasteiger partial charge in [-0.05, 0) is 30.7 Å². The lowest BCUT2D eigenvalue weighted by molar-refractivity contribution is 1.20. The van der Waals surface area contributed by atoms with Crippen LogP contribution in [0.15, 0.2) is 67.0 Å². The highest BCUT2D eigenvalue weighted by Crippen LogP contribution is 2.23. The number of hydrogen-bond donors (Lipinski definition) is 0. The number of hydrogen-bond acceptors (Lipinski definition) is 2. The van der Waals surface area contributed by atoms with Gasteiger partial charge in [0, 0.05) is 29.2 Å². The Kier molecular flexibility index (Phi) is 3.07. The van der Waals surface area contributed by atoms with Crippen LogP contribution in [-0.2, 0) is 0 Å². The molecule has 0 atom stereocenters. The molecule has 2 heteroatoms. The van der Waals surface area contributed by atoms with Crippen LogP contribution in [0.5, 0.6) is 0 Å². The van der Waals surface area contributed by atoms with Gasteiger partial charge in [-0.2, -0.15) is 0 Å². The molecule has 2 nitrogen and oxygen atoms in total. The monoisotopic (exact) mass is 246 g/mol. The fourth-order valence-electron chi connectivity index (χ4n) is 2.01. The lowest BCUT2D eigenvalue weighted by atomic mass is 10.0. The molecule has 2 aromatic heterocycles. The molecule has 19 heavy (non-hydrogen) atoms. The molecule has 0 spiro atoms. The maximum atomic E-state index is 4.35. The van der Waals surface area contributed by atoms with Gasteiger partial charge in [-0.1, -0.05) is 36.4 Å². The second-order valence-electron chi connectivity index (χ2n) is 4.48. The first-order valence-corrected chi connectivity index (χ1v) is 6.27. The molecule has 1 aromatic carbocycles. The van der Waals surface area contributed by atoms with E-state index >= 15 is 0 Å². The van der Waals surface area contributed by atoms with E-state index < -0.39 is 0 Å². The SMILES string of the molecule is Cc1ccc(-c2ccc(-c3ccccn3)cc2)cn1. The highest BCUT2D eigenvalue weighted by molar-refractivity contribution is 5.68. The molecule has 0 saturated carbocycles. The maximum Gasteiger partial charge on any atom is 0.0701 e. The van der Waals surface area contributed by atoms with Crippen molar-refractivity contribution in [2.75, 3.05) is 0 Å². The minimum atomic E-state index is 0.996. The fraction of sp³-hybridized carbons (Fsp3) is 0.0588. The molecule has 0 aliphatic carbocycles. The zero-order valence-electron chi connectivity index (χ0n) is 10.7. The van der Waals surface area contributed by atoms with Gasteiger partial charge in [-0.15, -0.1) is 0 Å². The third-order valence-electron chi connectivity index (χ3n) is 3.09. The normalized spacial score (nSPS) is 10.4. The number of benzene rings is 1. The van der Waals surface area contributed by atoms with Gasteiger partial charge in [-0.3, -0.25) is 9.97 Å². The average molecular weight is 246 g/mol. The topological polar surface area (TPSA) is 25.8 Å². The van der Waals surface area contributed by atoms with Gasteiger partial charge in [0.25, 0.3) is 0 Å². The van der Waals surface area contributed by atoms with E-state index in [2.05, 4.69) is 40.3 Å². The molecular formula is C17H14N2. The van der Waals surface area contributed by atoms with Gasteiger partial charge in [0.2, 0.25) is 0 Å². The van der Waals surface area contributed by atoms with Gasteiger partial charge in [0.15, 0.2) is 0 Å². The Morgan fingerprint density at radius 2 is 1.42 bits per heavy atom. The Bertz CT molecular complexity index is 656. The van der Waals surface area contributed by atoms with Crippen LogP contribution >= 0.6 is 0 Å². The van der Waals surface area contributed by atoms with Crippen molar-refractivity contribution in [1.29, 1.82) is 0 Å². The third kappa shape index (κ3) is 2.52. The average Bonchev–Trinajstić information content (AvgIpc) is 2.49. The van der Waals surface area contributed by atoms with E-state index in [0.717, 1.165) is 22.5 Å². The molecule has 0 radical (unpaired) electrons. The fourth-order valence-corrected chi connectivity index (χ4v) is 2.01. The largest absolute Gasteiger partial charge is 0.261 e. The molecule has 3 aromatic rings. The summed E-state index contributed by atoms with van der Waals surface area (Å²) in [6.07, 6.45) is 3.72. The predicted molar refractivity (Wildman–Crippen MR) is 77.6 cm³/mol. The van der Waals surface area contributed by atoms with E-state index in [1.165, 1.54) is 5.56 Å². The number of rotatable bonds is 2. The second-order valence-corrected chi connectivity index (χ2v) is 4.48. The first kappa shape index (κ1) is 11.6. The van der Waals surface area contributed by atoms with Crippen LogP contribution in [-0.4, -0.2) is 9.97 Å². The Labute approximate surface area is 112 Å². The first-order chi connectivity index (χ1) is 9.33. The molecule has 92 valence electrons. The Morgan fingerprint density at radius 1 is 0.684 bits per heavy atom. The smallest absolute Gasteiger partial charge is 0.0701 e. The van der Waals surface area contributed by atoms with Crippen molar-refractivity contribution < 1.29 is 0 Å². The number of pyridine rings is 2. The molecule has 0 bridgehead atoms. The Balaban J connectivity index is 1.93. The summed E-state index contributed by atoms with van der Waals surface area (Å²) < 4.78 is 0. The van der Waals surface area contributed by atoms with Gasteiger partial charge in [-0.25, -0.2) is 0 Å². The van der Waals surface area contributed by atoms with Crippen LogP contribution in [0.25, 0.3) is 22.4 Å². The molecule has 0 aliphatic rings. The summed E-state index contributed by atoms with van der Waals surface area (Å²) in [5.41, 5.74) is 5.47. The van der Waals surface area contributed by atoms with Gasteiger partial charge < -0.3 is 0 Å². The van der Waals surface area contributed by atoms with Crippen LogP contribution in [0, 0.1) is 6.92 Å². The molecule has 2 heterocycles. The van der Waals surface area contributed by atoms with Crippen LogP contribution in [0.3, 0.4) is 0 Å². The summed E-state index contributed by atoms with van der Waals surface area (Å²) >= 11 is 0. The predicted octanol–water partition coefficient (Wildman–Crippen LogP) is 4.12. The van der Waals surface area contributed by atoms with Gasteiger partial charge in [0.1, 0.15) is 0 Å². The summed E-state index contributed by atoms with van der Waals surface area (Å²) in [5, 5.41) is 0. The van der Waals surface area contributed by atoms with Crippen molar-refractivity contribution >= 4 is 0 Å². The number of nitrogens with zero attached hydrogens (tertiary/aromatic N) is 2. The number of aryl methyl sites for hydroxylation is 1. The van der Waals surface area contributed by atoms with E-state index in [1.54, 1.807) is 0 Å². The molecule has 0 fully saturated rings. The summed E-state index contributed by atoms with van der Waals surface area (Å²) in [6.45, 7) is 1.99. The Hall–Kier alpha value is -2.48. The van der Waals surface area contributed by atoms with Crippen molar-refractivity contribution in [2.24, 2.45) is 0 Å². The van der Waals surface area contributed by atoms with Crippen molar-refractivity contribution in [2.45, 2.75) is 6.92 Å². The Morgan fingerprint density at radius 3 is 2.05 bits per heavy atom. The highest BCUT2D eigenvalue weighted by Gasteiger charge is 2.00. The number of aromatic nitrogens is 2. The molecule has 0 aliphatic heterocycles. The first-order valence-electron chi connectivity index (χ1n) is 6.27. The molecule has 0 unspecified atom stereocenters. The standard InChI is InChI=1S/C17H14N2/c1-13-5-6-16(12-19-13)14-7-9-15(10-8-14)17-4-2-3-11-18-17/h2-12H,1H3. The molecule has 0 saturated heterocycles. The van der Waals surface area contributed by atoms with Crippen LogP contribution in [0.1, 0.15) is 5.69 Å².